The fraction of sp³-hybridized carbons (Fsp3) is 0. The van der Waals surface area contributed by atoms with Crippen LogP contribution in [0.25, 0.3) is 0 Å². The monoisotopic (exact) mass is 661 g/mol. The molecule has 0 nitrogen and oxygen atoms in total. The average Bonchev–Trinajstić information content (AvgIpc) is 0. The zero-order chi connectivity index (χ0) is 0. The summed E-state index contributed by atoms with van der Waals surface area (Å²) in [6, 6.07) is 0. The summed E-state index contributed by atoms with van der Waals surface area (Å²) in [4.78, 5) is 0. The minimum Gasteiger partial charge on any atom is 0 e. The molecule has 0 aromatic heterocycles. The second-order valence-corrected chi connectivity index (χ2v) is 0. The largest absolute Gasteiger partial charge is 0 e. The predicted molar refractivity (Wildman–Crippen MR) is 0 cm³/mol. The zero-order valence-electron chi connectivity index (χ0n) is 2.12. The van der Waals surface area contributed by atoms with Crippen LogP contribution in [0.4, 0.5) is 0 Å². The van der Waals surface area contributed by atoms with Crippen molar-refractivity contribution >= 4 is 0 Å². The molecule has 0 fully saturated rings. The summed E-state index contributed by atoms with van der Waals surface area (Å²) in [6.07, 6.45) is 0. The molecule has 0 saturated carbocycles. The van der Waals surface area contributed by atoms with Crippen molar-refractivity contribution in [2.24, 2.45) is 0 Å². The van der Waals surface area contributed by atoms with Crippen LogP contribution in [0.3, 0.4) is 0 Å². The van der Waals surface area contributed by atoms with Crippen LogP contribution in [-0.2, 0) is 108 Å². The molecule has 0 rings (SSSR count). The first-order chi connectivity index (χ1) is 0. The van der Waals surface area contributed by atoms with Crippen molar-refractivity contribution in [3.63, 3.8) is 0 Å². The van der Waals surface area contributed by atoms with Gasteiger partial charge in [0.05, 0.1) is 0 Å². The van der Waals surface area contributed by atoms with Gasteiger partial charge in [0, 0.05) is 108 Å². The number of hydrogen-bond acceptors (Lipinski definition) is 0. The van der Waals surface area contributed by atoms with E-state index in [0.29, 0.717) is 0 Å². The molecule has 0 aromatic rings. The van der Waals surface area contributed by atoms with Gasteiger partial charge in [0.2, 0.25) is 0 Å². The molecule has 0 spiro atoms. The first-order valence-electron chi connectivity index (χ1n) is 0. The van der Waals surface area contributed by atoms with Crippen LogP contribution in [0, 0.1) is 0 Å². The van der Waals surface area contributed by atoms with E-state index in [0.717, 1.165) is 0 Å². The second kappa shape index (κ2) is 25.7. The fourth-order valence-corrected chi connectivity index (χ4v) is 0. The van der Waals surface area contributed by atoms with Gasteiger partial charge in [-0.25, -0.2) is 0 Å². The van der Waals surface area contributed by atoms with Crippen molar-refractivity contribution < 1.29 is 108 Å². The van der Waals surface area contributed by atoms with Gasteiger partial charge >= 0.3 is 0 Å². The van der Waals surface area contributed by atoms with Gasteiger partial charge in [-0.2, -0.15) is 0 Å². The Hall–Kier alpha value is 3.55. The van der Waals surface area contributed by atoms with Crippen LogP contribution in [0.1, 0.15) is 0 Å². The Bertz CT molecular complexity index is 7.61. The van der Waals surface area contributed by atoms with Crippen LogP contribution >= 0.6 is 0 Å². The first-order valence-corrected chi connectivity index (χ1v) is 0. The van der Waals surface area contributed by atoms with Crippen molar-refractivity contribution in [1.29, 1.82) is 0 Å². The average molecular weight is 660 g/mol. The standard InChI is InChI=1S/Au.2Ti.2W. The van der Waals surface area contributed by atoms with E-state index >= 15 is 0 Å². The third-order valence-electron chi connectivity index (χ3n) is 0. The van der Waals surface area contributed by atoms with Gasteiger partial charge < -0.3 is 0 Å². The number of hydrogen-bond donors (Lipinski definition) is 0. The van der Waals surface area contributed by atoms with Gasteiger partial charge in [0.1, 0.15) is 0 Å². The maximum atomic E-state index is 0. The van der Waals surface area contributed by atoms with Crippen molar-refractivity contribution in [3.05, 3.63) is 0 Å². The summed E-state index contributed by atoms with van der Waals surface area (Å²) in [5, 5.41) is 0. The van der Waals surface area contributed by atoms with E-state index in [1.165, 1.54) is 0 Å². The molecule has 0 aromatic carbocycles. The third kappa shape index (κ3) is 18.5. The summed E-state index contributed by atoms with van der Waals surface area (Å²) < 4.78 is 0. The van der Waals surface area contributed by atoms with E-state index in [2.05, 4.69) is 0 Å². The molecule has 5 heteroatoms. The number of rotatable bonds is 0. The molecule has 0 saturated heterocycles. The van der Waals surface area contributed by atoms with Crippen LogP contribution in [0.2, 0.25) is 0 Å². The summed E-state index contributed by atoms with van der Waals surface area (Å²) in [6.45, 7) is 0. The molecular formula is AuTi2W2. The second-order valence-electron chi connectivity index (χ2n) is 0. The molecular weight excluding hydrogens is 660 g/mol. The Labute approximate surface area is 106 Å². The van der Waals surface area contributed by atoms with E-state index in [1.807, 2.05) is 0 Å². The molecule has 0 unspecified atom stereocenters. The summed E-state index contributed by atoms with van der Waals surface area (Å²) in [7, 11) is 0. The molecule has 0 heterocycles. The van der Waals surface area contributed by atoms with Gasteiger partial charge in [0.25, 0.3) is 0 Å². The maximum absolute atomic E-state index is 0. The molecule has 5 heavy (non-hydrogen) atoms. The van der Waals surface area contributed by atoms with Crippen molar-refractivity contribution in [2.45, 2.75) is 0 Å². The molecule has 0 aliphatic rings. The molecule has 0 atom stereocenters. The van der Waals surface area contributed by atoms with E-state index in [9.17, 15) is 0 Å². The van der Waals surface area contributed by atoms with Gasteiger partial charge in [-0.05, 0) is 0 Å². The Morgan fingerprint density at radius 2 is 0.600 bits per heavy atom. The van der Waals surface area contributed by atoms with Crippen molar-refractivity contribution in [1.82, 2.24) is 0 Å². The first kappa shape index (κ1) is 38.7. The normalized spacial score (nSPS) is 0. The van der Waals surface area contributed by atoms with Gasteiger partial charge in [-0.1, -0.05) is 0 Å². The van der Waals surface area contributed by atoms with E-state index in [1.54, 1.807) is 0 Å². The maximum Gasteiger partial charge on any atom is 0 e. The molecule has 1 radical (unpaired) electrons. The summed E-state index contributed by atoms with van der Waals surface area (Å²) in [5.74, 6) is 0. The van der Waals surface area contributed by atoms with E-state index in [-0.39, 0.29) is 108 Å². The van der Waals surface area contributed by atoms with Crippen molar-refractivity contribution in [3.8, 4) is 0 Å². The van der Waals surface area contributed by atoms with Crippen LogP contribution in [0.5, 0.6) is 0 Å². The Morgan fingerprint density at radius 1 is 0.600 bits per heavy atom. The van der Waals surface area contributed by atoms with Crippen LogP contribution in [-0.4, -0.2) is 0 Å². The van der Waals surface area contributed by atoms with Crippen LogP contribution < -0.4 is 0 Å². The quantitative estimate of drug-likeness (QED) is 0.321. The Balaban J connectivity index is 0. The summed E-state index contributed by atoms with van der Waals surface area (Å²) in [5.41, 5.74) is 0. The Kier molecular flexibility index (Phi) is 199. The van der Waals surface area contributed by atoms with E-state index < -0.39 is 0 Å². The fourth-order valence-electron chi connectivity index (χ4n) is 0. The molecule has 0 N–H and O–H groups in total. The topological polar surface area (TPSA) is 0 Å². The molecule has 0 aliphatic heterocycles. The van der Waals surface area contributed by atoms with E-state index in [4.69, 9.17) is 0 Å². The minimum absolute atomic E-state index is 0. The molecule has 0 amide bonds. The SMILES string of the molecule is [Au].[Ti].[Ti].[W].[W]. The third-order valence-corrected chi connectivity index (χ3v) is 0. The molecule has 0 aliphatic carbocycles. The smallest absolute Gasteiger partial charge is 0 e. The summed E-state index contributed by atoms with van der Waals surface area (Å²) >= 11 is 0. The molecule has 0 bridgehead atoms. The predicted octanol–water partition coefficient (Wildman–Crippen LogP) is -0.0125. The Morgan fingerprint density at radius 3 is 0.600 bits per heavy atom. The van der Waals surface area contributed by atoms with Gasteiger partial charge in [0.15, 0.2) is 0 Å². The van der Waals surface area contributed by atoms with Crippen LogP contribution in [0.15, 0.2) is 0 Å². The van der Waals surface area contributed by atoms with Crippen molar-refractivity contribution in [2.75, 3.05) is 0 Å². The zero-order valence-corrected chi connectivity index (χ0v) is 13.3. The minimum atomic E-state index is 0. The van der Waals surface area contributed by atoms with Gasteiger partial charge in [-0.15, -0.1) is 0 Å². The molecule has 31 valence electrons. The van der Waals surface area contributed by atoms with Gasteiger partial charge in [-0.3, -0.25) is 0 Å².